The molecule has 3 nitrogen and oxygen atoms in total. The maximum atomic E-state index is 10.4. The third-order valence-electron chi connectivity index (χ3n) is 3.16. The van der Waals surface area contributed by atoms with Crippen molar-refractivity contribution in [3.8, 4) is 5.75 Å². The van der Waals surface area contributed by atoms with Crippen LogP contribution in [0.25, 0.3) is 0 Å². The summed E-state index contributed by atoms with van der Waals surface area (Å²) in [7, 11) is 0. The average molecular weight is 269 g/mol. The monoisotopic (exact) mass is 268 g/mol. The molecule has 1 aliphatic rings. The number of rotatable bonds is 6. The number of aliphatic carboxylic acids is 1. The minimum atomic E-state index is -0.720. The number of hydrogen-bond donors (Lipinski definition) is 1. The Kier molecular flexibility index (Phi) is 4.48. The number of ether oxygens (including phenoxy) is 1. The quantitative estimate of drug-likeness (QED) is 0.804. The summed E-state index contributed by atoms with van der Waals surface area (Å²) >= 11 is 6.08. The molecule has 0 spiro atoms. The Balaban J connectivity index is 1.88. The Morgan fingerprint density at radius 1 is 1.33 bits per heavy atom. The molecule has 1 aromatic carbocycles. The molecule has 1 heterocycles. The van der Waals surface area contributed by atoms with Crippen molar-refractivity contribution in [3.05, 3.63) is 28.3 Å². The van der Waals surface area contributed by atoms with Gasteiger partial charge in [-0.25, -0.2) is 0 Å². The molecule has 0 unspecified atom stereocenters. The normalized spacial score (nSPS) is 13.2. The van der Waals surface area contributed by atoms with Gasteiger partial charge >= 0.3 is 5.97 Å². The van der Waals surface area contributed by atoms with Crippen LogP contribution in [0, 0.1) is 0 Å². The van der Waals surface area contributed by atoms with Crippen LogP contribution in [-0.4, -0.2) is 17.7 Å². The fourth-order valence-electron chi connectivity index (χ4n) is 2.30. The van der Waals surface area contributed by atoms with Crippen molar-refractivity contribution in [1.29, 1.82) is 0 Å². The number of benzene rings is 1. The minimum absolute atomic E-state index is 0.254. The van der Waals surface area contributed by atoms with E-state index >= 15 is 0 Å². The molecule has 4 heteroatoms. The van der Waals surface area contributed by atoms with Crippen LogP contribution in [-0.2, 0) is 17.6 Å². The van der Waals surface area contributed by atoms with E-state index in [-0.39, 0.29) is 6.42 Å². The number of halogens is 1. The van der Waals surface area contributed by atoms with Gasteiger partial charge in [0.1, 0.15) is 5.75 Å². The summed E-state index contributed by atoms with van der Waals surface area (Å²) in [6, 6.07) is 3.93. The summed E-state index contributed by atoms with van der Waals surface area (Å²) in [5, 5.41) is 9.32. The van der Waals surface area contributed by atoms with Crippen molar-refractivity contribution < 1.29 is 14.6 Å². The highest BCUT2D eigenvalue weighted by Crippen LogP contribution is 2.33. The molecule has 0 saturated carbocycles. The van der Waals surface area contributed by atoms with Crippen LogP contribution in [0.5, 0.6) is 5.75 Å². The molecule has 18 heavy (non-hydrogen) atoms. The largest absolute Gasteiger partial charge is 0.493 e. The van der Waals surface area contributed by atoms with Crippen LogP contribution in [0.1, 0.15) is 36.8 Å². The first-order valence-corrected chi connectivity index (χ1v) is 6.70. The van der Waals surface area contributed by atoms with Crippen LogP contribution in [0.4, 0.5) is 0 Å². The van der Waals surface area contributed by atoms with Gasteiger partial charge in [0.05, 0.1) is 6.61 Å². The number of fused-ring (bicyclic) bond motifs is 1. The summed E-state index contributed by atoms with van der Waals surface area (Å²) < 4.78 is 5.63. The summed E-state index contributed by atoms with van der Waals surface area (Å²) in [6.07, 6.45) is 4.73. The van der Waals surface area contributed by atoms with E-state index in [1.165, 1.54) is 5.56 Å². The van der Waals surface area contributed by atoms with Crippen LogP contribution >= 0.6 is 11.6 Å². The molecule has 0 bridgehead atoms. The molecule has 0 fully saturated rings. The predicted octanol–water partition coefficient (Wildman–Crippen LogP) is 3.46. The van der Waals surface area contributed by atoms with E-state index in [0.717, 1.165) is 55.0 Å². The lowest BCUT2D eigenvalue weighted by Crippen LogP contribution is -1.95. The first kappa shape index (κ1) is 13.2. The Hall–Kier alpha value is -1.22. The third-order valence-corrected chi connectivity index (χ3v) is 3.38. The standard InChI is InChI=1S/C14H17ClO3/c15-12-8-10(4-2-1-3-5-13(16)17)14-11(9-12)6-7-18-14/h8-9H,1-7H2,(H,16,17). The van der Waals surface area contributed by atoms with Crippen molar-refractivity contribution in [3.63, 3.8) is 0 Å². The van der Waals surface area contributed by atoms with Crippen molar-refractivity contribution in [2.24, 2.45) is 0 Å². The van der Waals surface area contributed by atoms with Gasteiger partial charge in [0, 0.05) is 17.9 Å². The molecule has 98 valence electrons. The minimum Gasteiger partial charge on any atom is -0.493 e. The van der Waals surface area contributed by atoms with Crippen molar-refractivity contribution >= 4 is 17.6 Å². The van der Waals surface area contributed by atoms with E-state index < -0.39 is 5.97 Å². The van der Waals surface area contributed by atoms with Gasteiger partial charge in [-0.15, -0.1) is 0 Å². The van der Waals surface area contributed by atoms with Crippen LogP contribution < -0.4 is 4.74 Å². The van der Waals surface area contributed by atoms with Gasteiger partial charge in [0.15, 0.2) is 0 Å². The molecule has 0 aliphatic carbocycles. The van der Waals surface area contributed by atoms with Crippen molar-refractivity contribution in [2.75, 3.05) is 6.61 Å². The molecule has 1 aliphatic heterocycles. The van der Waals surface area contributed by atoms with Crippen molar-refractivity contribution in [2.45, 2.75) is 38.5 Å². The Morgan fingerprint density at radius 2 is 2.17 bits per heavy atom. The number of hydrogen-bond acceptors (Lipinski definition) is 2. The first-order chi connectivity index (χ1) is 8.66. The van der Waals surface area contributed by atoms with Crippen LogP contribution in [0.2, 0.25) is 5.02 Å². The number of carbonyl (C=O) groups is 1. The van der Waals surface area contributed by atoms with Gasteiger partial charge in [-0.1, -0.05) is 18.0 Å². The van der Waals surface area contributed by atoms with Gasteiger partial charge in [-0.3, -0.25) is 4.79 Å². The second-order valence-electron chi connectivity index (χ2n) is 4.61. The summed E-state index contributed by atoms with van der Waals surface area (Å²) in [5.41, 5.74) is 2.35. The van der Waals surface area contributed by atoms with Gasteiger partial charge in [-0.05, 0) is 42.5 Å². The SMILES string of the molecule is O=C(O)CCCCCc1cc(Cl)cc2c1OCC2. The van der Waals surface area contributed by atoms with E-state index in [2.05, 4.69) is 0 Å². The number of aryl methyl sites for hydroxylation is 1. The predicted molar refractivity (Wildman–Crippen MR) is 70.5 cm³/mol. The highest BCUT2D eigenvalue weighted by Gasteiger charge is 2.17. The first-order valence-electron chi connectivity index (χ1n) is 6.32. The fourth-order valence-corrected chi connectivity index (χ4v) is 2.56. The lowest BCUT2D eigenvalue weighted by atomic mass is 10.0. The highest BCUT2D eigenvalue weighted by molar-refractivity contribution is 6.30. The van der Waals surface area contributed by atoms with E-state index in [1.807, 2.05) is 12.1 Å². The molecule has 1 aromatic rings. The average Bonchev–Trinajstić information content (AvgIpc) is 2.75. The topological polar surface area (TPSA) is 46.5 Å². The molecule has 0 radical (unpaired) electrons. The second kappa shape index (κ2) is 6.10. The highest BCUT2D eigenvalue weighted by atomic mass is 35.5. The maximum Gasteiger partial charge on any atom is 0.303 e. The lowest BCUT2D eigenvalue weighted by Gasteiger charge is -2.08. The summed E-state index contributed by atoms with van der Waals surface area (Å²) in [6.45, 7) is 0.738. The van der Waals surface area contributed by atoms with Gasteiger partial charge in [0.2, 0.25) is 0 Å². The smallest absolute Gasteiger partial charge is 0.303 e. The van der Waals surface area contributed by atoms with Gasteiger partial charge in [-0.2, -0.15) is 0 Å². The zero-order valence-corrected chi connectivity index (χ0v) is 11.0. The maximum absolute atomic E-state index is 10.4. The second-order valence-corrected chi connectivity index (χ2v) is 5.04. The fraction of sp³-hybridized carbons (Fsp3) is 0.500. The molecule has 0 atom stereocenters. The summed E-state index contributed by atoms with van der Waals surface area (Å²) in [5.74, 6) is 0.277. The Labute approximate surface area is 112 Å². The van der Waals surface area contributed by atoms with Gasteiger partial charge < -0.3 is 9.84 Å². The molecule has 2 rings (SSSR count). The third kappa shape index (κ3) is 3.39. The molecular weight excluding hydrogens is 252 g/mol. The van der Waals surface area contributed by atoms with E-state index in [4.69, 9.17) is 21.4 Å². The molecular formula is C14H17ClO3. The van der Waals surface area contributed by atoms with E-state index in [1.54, 1.807) is 0 Å². The Morgan fingerprint density at radius 3 is 2.94 bits per heavy atom. The van der Waals surface area contributed by atoms with E-state index in [0.29, 0.717) is 0 Å². The van der Waals surface area contributed by atoms with E-state index in [9.17, 15) is 4.79 Å². The lowest BCUT2D eigenvalue weighted by molar-refractivity contribution is -0.137. The molecule has 0 saturated heterocycles. The number of carboxylic acid groups (broad SMARTS) is 1. The zero-order valence-electron chi connectivity index (χ0n) is 10.2. The zero-order chi connectivity index (χ0) is 13.0. The molecule has 1 N–H and O–H groups in total. The Bertz CT molecular complexity index is 443. The number of unbranched alkanes of at least 4 members (excludes halogenated alkanes) is 2. The summed E-state index contributed by atoms with van der Waals surface area (Å²) in [4.78, 5) is 10.4. The number of carboxylic acids is 1. The van der Waals surface area contributed by atoms with Crippen LogP contribution in [0.15, 0.2) is 12.1 Å². The molecule has 0 amide bonds. The van der Waals surface area contributed by atoms with Crippen LogP contribution in [0.3, 0.4) is 0 Å². The molecule has 0 aromatic heterocycles. The van der Waals surface area contributed by atoms with Gasteiger partial charge in [0.25, 0.3) is 0 Å². The van der Waals surface area contributed by atoms with Crippen molar-refractivity contribution in [1.82, 2.24) is 0 Å².